The average Bonchev–Trinajstić information content (AvgIpc) is 3.13. The molecule has 29 heavy (non-hydrogen) atoms. The minimum Gasteiger partial charge on any atom is -0.492 e. The van der Waals surface area contributed by atoms with Crippen LogP contribution < -0.4 is 10.1 Å². The summed E-state index contributed by atoms with van der Waals surface area (Å²) in [5.41, 5.74) is 5.01. The van der Waals surface area contributed by atoms with Crippen molar-refractivity contribution in [3.63, 3.8) is 0 Å². The molecule has 1 aromatic heterocycles. The van der Waals surface area contributed by atoms with Crippen molar-refractivity contribution in [1.82, 2.24) is 15.2 Å². The zero-order valence-electron chi connectivity index (χ0n) is 16.4. The molecule has 0 radical (unpaired) electrons. The molecule has 3 heterocycles. The van der Waals surface area contributed by atoms with Gasteiger partial charge in [-0.2, -0.15) is 0 Å². The fourth-order valence-electron chi connectivity index (χ4n) is 4.36. The highest BCUT2D eigenvalue weighted by molar-refractivity contribution is 6.31. The number of hydrogen-bond donors (Lipinski definition) is 2. The van der Waals surface area contributed by atoms with Gasteiger partial charge in [0.05, 0.1) is 19.3 Å². The number of benzene rings is 2. The molecule has 5 rings (SSSR count). The van der Waals surface area contributed by atoms with Crippen molar-refractivity contribution >= 4 is 22.5 Å². The van der Waals surface area contributed by atoms with Crippen molar-refractivity contribution in [1.29, 1.82) is 0 Å². The molecule has 6 heteroatoms. The number of fused-ring (bicyclic) bond motifs is 3. The van der Waals surface area contributed by atoms with Gasteiger partial charge in [-0.05, 0) is 47.9 Å². The molecule has 2 aliphatic rings. The molecule has 2 aliphatic heterocycles. The molecule has 1 atom stereocenters. The molecular weight excluding hydrogens is 386 g/mol. The fourth-order valence-corrected chi connectivity index (χ4v) is 4.53. The second kappa shape index (κ2) is 8.36. The monoisotopic (exact) mass is 411 g/mol. The minimum atomic E-state index is 0.160. The van der Waals surface area contributed by atoms with E-state index in [2.05, 4.69) is 51.6 Å². The third-order valence-corrected chi connectivity index (χ3v) is 6.14. The lowest BCUT2D eigenvalue weighted by Crippen LogP contribution is -2.38. The zero-order chi connectivity index (χ0) is 19.6. The molecule has 0 bridgehead atoms. The third-order valence-electron chi connectivity index (χ3n) is 5.91. The topological polar surface area (TPSA) is 49.5 Å². The van der Waals surface area contributed by atoms with Crippen LogP contribution in [0.25, 0.3) is 10.9 Å². The Hall–Kier alpha value is -2.05. The van der Waals surface area contributed by atoms with Gasteiger partial charge in [0.1, 0.15) is 12.4 Å². The Bertz CT molecular complexity index is 980. The first-order valence-electron chi connectivity index (χ1n) is 10.3. The van der Waals surface area contributed by atoms with Crippen LogP contribution in [0.5, 0.6) is 5.75 Å². The van der Waals surface area contributed by atoms with Crippen molar-refractivity contribution in [3.05, 3.63) is 64.3 Å². The van der Waals surface area contributed by atoms with Gasteiger partial charge in [-0.15, -0.1) is 0 Å². The van der Waals surface area contributed by atoms with Crippen LogP contribution in [0.2, 0.25) is 5.02 Å². The van der Waals surface area contributed by atoms with E-state index >= 15 is 0 Å². The maximum atomic E-state index is 6.23. The Balaban J connectivity index is 1.29. The Labute approximate surface area is 175 Å². The lowest BCUT2D eigenvalue weighted by molar-refractivity contribution is 0.0322. The van der Waals surface area contributed by atoms with Crippen molar-refractivity contribution in [2.24, 2.45) is 0 Å². The van der Waals surface area contributed by atoms with Crippen molar-refractivity contribution < 1.29 is 9.47 Å². The van der Waals surface area contributed by atoms with Crippen molar-refractivity contribution in [3.8, 4) is 5.75 Å². The number of rotatable bonds is 5. The number of H-pyrrole nitrogens is 1. The number of aromatic amines is 1. The summed E-state index contributed by atoms with van der Waals surface area (Å²) in [5, 5.41) is 5.67. The van der Waals surface area contributed by atoms with E-state index in [-0.39, 0.29) is 6.04 Å². The number of ether oxygens (including phenoxy) is 2. The van der Waals surface area contributed by atoms with Crippen LogP contribution in [0, 0.1) is 0 Å². The van der Waals surface area contributed by atoms with E-state index in [4.69, 9.17) is 21.1 Å². The van der Waals surface area contributed by atoms with E-state index in [0.717, 1.165) is 62.1 Å². The van der Waals surface area contributed by atoms with E-state index in [1.54, 1.807) is 0 Å². The van der Waals surface area contributed by atoms with Gasteiger partial charge in [0.2, 0.25) is 0 Å². The molecule has 0 spiro atoms. The number of hydrogen-bond acceptors (Lipinski definition) is 4. The number of nitrogens with one attached hydrogen (secondary N) is 2. The molecule has 2 N–H and O–H groups in total. The van der Waals surface area contributed by atoms with Crippen LogP contribution in [0.3, 0.4) is 0 Å². The first-order chi connectivity index (χ1) is 14.3. The third kappa shape index (κ3) is 4.01. The number of halogens is 1. The predicted octanol–water partition coefficient (Wildman–Crippen LogP) is 3.77. The lowest BCUT2D eigenvalue weighted by atomic mass is 9.94. The van der Waals surface area contributed by atoms with Crippen LogP contribution in [-0.2, 0) is 11.2 Å². The first kappa shape index (κ1) is 18.9. The van der Waals surface area contributed by atoms with Gasteiger partial charge in [-0.1, -0.05) is 23.7 Å². The summed E-state index contributed by atoms with van der Waals surface area (Å²) in [6, 6.07) is 14.7. The molecule has 0 amide bonds. The van der Waals surface area contributed by atoms with Gasteiger partial charge in [0.15, 0.2) is 0 Å². The maximum Gasteiger partial charge on any atom is 0.119 e. The van der Waals surface area contributed by atoms with Crippen LogP contribution in [-0.4, -0.2) is 55.9 Å². The Morgan fingerprint density at radius 1 is 1.10 bits per heavy atom. The molecule has 2 aromatic carbocycles. The second-order valence-corrected chi connectivity index (χ2v) is 8.15. The SMILES string of the molecule is Clc1ccc2[nH]c3c(c2c1)CCNC3c1ccc(OCCN2CCOCC2)cc1. The molecule has 0 saturated carbocycles. The quantitative estimate of drug-likeness (QED) is 0.671. The highest BCUT2D eigenvalue weighted by Crippen LogP contribution is 2.35. The summed E-state index contributed by atoms with van der Waals surface area (Å²) in [5.74, 6) is 0.918. The van der Waals surface area contributed by atoms with Crippen LogP contribution in [0.15, 0.2) is 42.5 Å². The summed E-state index contributed by atoms with van der Waals surface area (Å²) < 4.78 is 11.3. The Kier molecular flexibility index (Phi) is 5.46. The van der Waals surface area contributed by atoms with Crippen molar-refractivity contribution in [2.75, 3.05) is 46.0 Å². The van der Waals surface area contributed by atoms with E-state index in [0.29, 0.717) is 6.61 Å². The highest BCUT2D eigenvalue weighted by Gasteiger charge is 2.25. The van der Waals surface area contributed by atoms with Crippen LogP contribution in [0.1, 0.15) is 22.9 Å². The molecule has 3 aromatic rings. The summed E-state index contributed by atoms with van der Waals surface area (Å²) in [7, 11) is 0. The summed E-state index contributed by atoms with van der Waals surface area (Å²) >= 11 is 6.23. The van der Waals surface area contributed by atoms with Gasteiger partial charge >= 0.3 is 0 Å². The number of aromatic nitrogens is 1. The standard InChI is InChI=1S/C23H26ClN3O2/c24-17-3-6-21-20(15-17)19-7-8-25-22(23(19)26-21)16-1-4-18(5-2-16)29-14-11-27-9-12-28-13-10-27/h1-6,15,22,25-26H,7-14H2. The fraction of sp³-hybridized carbons (Fsp3) is 0.391. The molecule has 5 nitrogen and oxygen atoms in total. The zero-order valence-corrected chi connectivity index (χ0v) is 17.2. The molecule has 1 saturated heterocycles. The molecular formula is C23H26ClN3O2. The number of morpholine rings is 1. The normalized spacial score (nSPS) is 20.0. The van der Waals surface area contributed by atoms with Crippen LogP contribution in [0.4, 0.5) is 0 Å². The molecule has 0 aliphatic carbocycles. The number of nitrogens with zero attached hydrogens (tertiary/aromatic N) is 1. The smallest absolute Gasteiger partial charge is 0.119 e. The first-order valence-corrected chi connectivity index (χ1v) is 10.7. The van der Waals surface area contributed by atoms with Gasteiger partial charge in [-0.3, -0.25) is 4.90 Å². The lowest BCUT2D eigenvalue weighted by Gasteiger charge is -2.26. The maximum absolute atomic E-state index is 6.23. The molecule has 1 unspecified atom stereocenters. The average molecular weight is 412 g/mol. The van der Waals surface area contributed by atoms with E-state index in [1.165, 1.54) is 22.2 Å². The van der Waals surface area contributed by atoms with E-state index < -0.39 is 0 Å². The van der Waals surface area contributed by atoms with Gasteiger partial charge in [-0.25, -0.2) is 0 Å². The summed E-state index contributed by atoms with van der Waals surface area (Å²) in [6.07, 6.45) is 1.01. The highest BCUT2D eigenvalue weighted by atomic mass is 35.5. The van der Waals surface area contributed by atoms with Gasteiger partial charge in [0.25, 0.3) is 0 Å². The van der Waals surface area contributed by atoms with E-state index in [9.17, 15) is 0 Å². The summed E-state index contributed by atoms with van der Waals surface area (Å²) in [4.78, 5) is 5.99. The Morgan fingerprint density at radius 2 is 1.93 bits per heavy atom. The predicted molar refractivity (Wildman–Crippen MR) is 116 cm³/mol. The van der Waals surface area contributed by atoms with Crippen LogP contribution >= 0.6 is 11.6 Å². The van der Waals surface area contributed by atoms with Gasteiger partial charge < -0.3 is 19.8 Å². The molecule has 152 valence electrons. The van der Waals surface area contributed by atoms with Gasteiger partial charge in [0, 0.05) is 47.8 Å². The van der Waals surface area contributed by atoms with E-state index in [1.807, 2.05) is 6.07 Å². The second-order valence-electron chi connectivity index (χ2n) is 7.72. The molecule has 1 fully saturated rings. The van der Waals surface area contributed by atoms with Crippen molar-refractivity contribution in [2.45, 2.75) is 12.5 Å². The minimum absolute atomic E-state index is 0.160. The Morgan fingerprint density at radius 3 is 2.76 bits per heavy atom. The summed E-state index contributed by atoms with van der Waals surface area (Å²) in [6.45, 7) is 6.23. The largest absolute Gasteiger partial charge is 0.492 e.